The topological polar surface area (TPSA) is 77.1 Å². The summed E-state index contributed by atoms with van der Waals surface area (Å²) < 4.78 is 4.37. The number of nitrogens with zero attached hydrogens (tertiary/aromatic N) is 5. The highest BCUT2D eigenvalue weighted by atomic mass is 79.9. The maximum Gasteiger partial charge on any atom is 0.256 e. The molecule has 0 aromatic carbocycles. The number of amides is 1. The van der Waals surface area contributed by atoms with E-state index in [4.69, 9.17) is 0 Å². The number of hydrogen-bond acceptors (Lipinski definition) is 5. The Morgan fingerprint density at radius 1 is 1.28 bits per heavy atom. The Kier molecular flexibility index (Phi) is 4.33. The first-order chi connectivity index (χ1) is 12.2. The van der Waals surface area contributed by atoms with Gasteiger partial charge in [0.05, 0.1) is 34.0 Å². The van der Waals surface area contributed by atoms with Gasteiger partial charge >= 0.3 is 0 Å². The van der Waals surface area contributed by atoms with Gasteiger partial charge in [-0.2, -0.15) is 10.2 Å². The van der Waals surface area contributed by atoms with Gasteiger partial charge in [0.25, 0.3) is 5.91 Å². The van der Waals surface area contributed by atoms with Gasteiger partial charge in [-0.05, 0) is 33.4 Å². The van der Waals surface area contributed by atoms with E-state index in [2.05, 4.69) is 36.4 Å². The largest absolute Gasteiger partial charge is 0.350 e. The predicted octanol–water partition coefficient (Wildman–Crippen LogP) is 2.85. The molecule has 0 atom stereocenters. The number of rotatable bonds is 5. The summed E-state index contributed by atoms with van der Waals surface area (Å²) in [7, 11) is 0. The molecule has 4 aromatic rings. The number of aromatic nitrogens is 5. The Morgan fingerprint density at radius 2 is 2.20 bits per heavy atom. The van der Waals surface area contributed by atoms with E-state index in [1.807, 2.05) is 29.8 Å². The number of hydrogen-bond donors (Lipinski definition) is 1. The van der Waals surface area contributed by atoms with Crippen LogP contribution in [0.25, 0.3) is 16.2 Å². The van der Waals surface area contributed by atoms with E-state index in [0.717, 1.165) is 15.0 Å². The summed E-state index contributed by atoms with van der Waals surface area (Å²) >= 11 is 4.96. The maximum atomic E-state index is 12.5. The molecular formula is C16H13BrN6OS. The van der Waals surface area contributed by atoms with Crippen molar-refractivity contribution in [2.75, 3.05) is 6.54 Å². The van der Waals surface area contributed by atoms with Gasteiger partial charge in [0.2, 0.25) is 0 Å². The summed E-state index contributed by atoms with van der Waals surface area (Å²) in [6, 6.07) is 5.89. The van der Waals surface area contributed by atoms with Crippen LogP contribution in [0.15, 0.2) is 52.8 Å². The van der Waals surface area contributed by atoms with Gasteiger partial charge < -0.3 is 5.32 Å². The molecule has 9 heteroatoms. The molecule has 0 radical (unpaired) electrons. The zero-order chi connectivity index (χ0) is 17.2. The van der Waals surface area contributed by atoms with Gasteiger partial charge in [-0.15, -0.1) is 11.3 Å². The predicted molar refractivity (Wildman–Crippen MR) is 98.6 cm³/mol. The van der Waals surface area contributed by atoms with E-state index in [-0.39, 0.29) is 5.91 Å². The maximum absolute atomic E-state index is 12.5. The molecule has 0 spiro atoms. The monoisotopic (exact) mass is 416 g/mol. The standard InChI is InChI=1S/C16H13BrN6OS/c17-11-8-20-22(10-11)6-5-19-16(24)12-9-21-23-13(3-4-18-15(12)23)14-2-1-7-25-14/h1-4,7-10H,5-6H2,(H,19,24). The second-order valence-electron chi connectivity index (χ2n) is 5.28. The molecule has 4 aromatic heterocycles. The number of nitrogens with one attached hydrogen (secondary N) is 1. The molecule has 0 unspecified atom stereocenters. The van der Waals surface area contributed by atoms with Crippen LogP contribution < -0.4 is 5.32 Å². The smallest absolute Gasteiger partial charge is 0.256 e. The molecule has 0 aliphatic heterocycles. The molecule has 4 heterocycles. The van der Waals surface area contributed by atoms with Crippen LogP contribution in [0.2, 0.25) is 0 Å². The summed E-state index contributed by atoms with van der Waals surface area (Å²) in [4.78, 5) is 17.9. The normalized spacial score (nSPS) is 11.1. The van der Waals surface area contributed by atoms with Crippen molar-refractivity contribution in [2.24, 2.45) is 0 Å². The Labute approximate surface area is 155 Å². The highest BCUT2D eigenvalue weighted by Crippen LogP contribution is 2.25. The van der Waals surface area contributed by atoms with Crippen LogP contribution in [0.3, 0.4) is 0 Å². The highest BCUT2D eigenvalue weighted by Gasteiger charge is 2.16. The number of carbonyl (C=O) groups excluding carboxylic acids is 1. The first-order valence-corrected chi connectivity index (χ1v) is 9.22. The first-order valence-electron chi connectivity index (χ1n) is 7.55. The van der Waals surface area contributed by atoms with Crippen LogP contribution in [0.1, 0.15) is 10.4 Å². The second-order valence-corrected chi connectivity index (χ2v) is 7.14. The number of carbonyl (C=O) groups is 1. The fourth-order valence-corrected chi connectivity index (χ4v) is 3.57. The number of halogens is 1. The molecule has 1 amide bonds. The minimum atomic E-state index is -0.197. The summed E-state index contributed by atoms with van der Waals surface area (Å²) in [5.74, 6) is -0.197. The van der Waals surface area contributed by atoms with Gasteiger partial charge in [0, 0.05) is 18.9 Å². The van der Waals surface area contributed by atoms with Crippen molar-refractivity contribution in [3.63, 3.8) is 0 Å². The summed E-state index contributed by atoms with van der Waals surface area (Å²) in [5.41, 5.74) is 1.92. The zero-order valence-corrected chi connectivity index (χ0v) is 15.4. The highest BCUT2D eigenvalue weighted by molar-refractivity contribution is 9.10. The van der Waals surface area contributed by atoms with Gasteiger partial charge in [-0.3, -0.25) is 9.48 Å². The first kappa shape index (κ1) is 16.0. The third-order valence-electron chi connectivity index (χ3n) is 3.65. The van der Waals surface area contributed by atoms with Crippen molar-refractivity contribution in [2.45, 2.75) is 6.54 Å². The molecule has 0 aliphatic carbocycles. The fraction of sp³-hybridized carbons (Fsp3) is 0.125. The van der Waals surface area contributed by atoms with Crippen LogP contribution in [-0.2, 0) is 6.54 Å². The van der Waals surface area contributed by atoms with Crippen LogP contribution in [0.5, 0.6) is 0 Å². The van der Waals surface area contributed by atoms with E-state index in [1.165, 1.54) is 0 Å². The molecule has 0 fully saturated rings. The molecule has 0 bridgehead atoms. The lowest BCUT2D eigenvalue weighted by Crippen LogP contribution is -2.27. The van der Waals surface area contributed by atoms with Gasteiger partial charge in [0.15, 0.2) is 5.65 Å². The fourth-order valence-electron chi connectivity index (χ4n) is 2.50. The van der Waals surface area contributed by atoms with E-state index in [9.17, 15) is 4.79 Å². The third kappa shape index (κ3) is 3.20. The van der Waals surface area contributed by atoms with E-state index in [1.54, 1.807) is 39.1 Å². The van der Waals surface area contributed by atoms with Crippen molar-refractivity contribution in [1.29, 1.82) is 0 Å². The lowest BCUT2D eigenvalue weighted by atomic mass is 10.3. The third-order valence-corrected chi connectivity index (χ3v) is 4.95. The SMILES string of the molecule is O=C(NCCn1cc(Br)cn1)c1cnn2c(-c3cccs3)ccnc12. The molecule has 0 saturated carbocycles. The Bertz CT molecular complexity index is 1020. The Hall–Kier alpha value is -2.52. The quantitative estimate of drug-likeness (QED) is 0.542. The average Bonchev–Trinajstić information content (AvgIpc) is 3.35. The Balaban J connectivity index is 1.53. The van der Waals surface area contributed by atoms with Gasteiger partial charge in [0.1, 0.15) is 5.56 Å². The van der Waals surface area contributed by atoms with Crippen molar-refractivity contribution in [3.8, 4) is 10.6 Å². The summed E-state index contributed by atoms with van der Waals surface area (Å²) in [6.07, 6.45) is 6.82. The van der Waals surface area contributed by atoms with Crippen molar-refractivity contribution in [3.05, 3.63) is 58.4 Å². The zero-order valence-electron chi connectivity index (χ0n) is 13.0. The minimum absolute atomic E-state index is 0.197. The van der Waals surface area contributed by atoms with E-state index in [0.29, 0.717) is 24.3 Å². The summed E-state index contributed by atoms with van der Waals surface area (Å²) in [5, 5.41) is 13.4. The molecular weight excluding hydrogens is 404 g/mol. The van der Waals surface area contributed by atoms with Crippen LogP contribution in [0, 0.1) is 0 Å². The molecule has 25 heavy (non-hydrogen) atoms. The lowest BCUT2D eigenvalue weighted by Gasteiger charge is -2.05. The van der Waals surface area contributed by atoms with Gasteiger partial charge in [-0.1, -0.05) is 6.07 Å². The average molecular weight is 417 g/mol. The van der Waals surface area contributed by atoms with Crippen LogP contribution in [-0.4, -0.2) is 36.8 Å². The molecule has 0 saturated heterocycles. The van der Waals surface area contributed by atoms with Crippen LogP contribution in [0.4, 0.5) is 0 Å². The molecule has 7 nitrogen and oxygen atoms in total. The molecule has 0 aliphatic rings. The second kappa shape index (κ2) is 6.77. The van der Waals surface area contributed by atoms with E-state index < -0.39 is 0 Å². The summed E-state index contributed by atoms with van der Waals surface area (Å²) in [6.45, 7) is 1.05. The van der Waals surface area contributed by atoms with Crippen molar-refractivity contribution in [1.82, 2.24) is 29.7 Å². The molecule has 4 rings (SSSR count). The van der Waals surface area contributed by atoms with Crippen LogP contribution >= 0.6 is 27.3 Å². The van der Waals surface area contributed by atoms with Crippen molar-refractivity contribution < 1.29 is 4.79 Å². The molecule has 126 valence electrons. The van der Waals surface area contributed by atoms with Crippen molar-refractivity contribution >= 4 is 38.8 Å². The Morgan fingerprint density at radius 3 is 2.96 bits per heavy atom. The number of fused-ring (bicyclic) bond motifs is 1. The lowest BCUT2D eigenvalue weighted by molar-refractivity contribution is 0.0953. The minimum Gasteiger partial charge on any atom is -0.350 e. The van der Waals surface area contributed by atoms with Gasteiger partial charge in [-0.25, -0.2) is 9.50 Å². The van der Waals surface area contributed by atoms with E-state index >= 15 is 0 Å². The number of thiophene rings is 1. The molecule has 1 N–H and O–H groups in total.